The number of piperidine rings is 1. The van der Waals surface area contributed by atoms with E-state index < -0.39 is 0 Å². The number of amides is 1. The van der Waals surface area contributed by atoms with Crippen LogP contribution in [0.15, 0.2) is 24.5 Å². The molecule has 0 atom stereocenters. The predicted octanol–water partition coefficient (Wildman–Crippen LogP) is 2.93. The molecule has 5 heteroatoms. The molecule has 3 rings (SSSR count). The van der Waals surface area contributed by atoms with E-state index in [0.29, 0.717) is 6.04 Å². The van der Waals surface area contributed by atoms with Crippen molar-refractivity contribution in [2.24, 2.45) is 0 Å². The molecule has 1 amide bonds. The van der Waals surface area contributed by atoms with E-state index in [4.69, 9.17) is 0 Å². The van der Waals surface area contributed by atoms with Crippen LogP contribution in [0, 0.1) is 13.8 Å². The highest BCUT2D eigenvalue weighted by Gasteiger charge is 2.25. The summed E-state index contributed by atoms with van der Waals surface area (Å²) in [5, 5.41) is 8.19. The molecule has 1 aromatic heterocycles. The van der Waals surface area contributed by atoms with Gasteiger partial charge in [0.05, 0.1) is 0 Å². The molecule has 0 bridgehead atoms. The zero-order chi connectivity index (χ0) is 16.4. The number of nitrogens with zero attached hydrogens (tertiary/aromatic N) is 4. The lowest BCUT2D eigenvalue weighted by atomic mass is 10.0. The van der Waals surface area contributed by atoms with Gasteiger partial charge in [-0.3, -0.25) is 4.79 Å². The Morgan fingerprint density at radius 1 is 1.17 bits per heavy atom. The van der Waals surface area contributed by atoms with Gasteiger partial charge in [-0.25, -0.2) is 0 Å². The van der Waals surface area contributed by atoms with E-state index in [1.54, 1.807) is 0 Å². The van der Waals surface area contributed by atoms with Crippen LogP contribution in [0.4, 0.5) is 0 Å². The van der Waals surface area contributed by atoms with Gasteiger partial charge in [0.25, 0.3) is 5.91 Å². The molecule has 5 nitrogen and oxygen atoms in total. The van der Waals surface area contributed by atoms with Crippen LogP contribution in [0.1, 0.15) is 53.1 Å². The number of carbonyl (C=O) groups is 1. The highest BCUT2D eigenvalue weighted by Crippen LogP contribution is 2.25. The van der Waals surface area contributed by atoms with E-state index in [1.165, 1.54) is 0 Å². The minimum absolute atomic E-state index is 0.148. The Morgan fingerprint density at radius 3 is 2.43 bits per heavy atom. The molecule has 1 aliphatic heterocycles. The van der Waals surface area contributed by atoms with E-state index in [2.05, 4.69) is 27.8 Å². The van der Waals surface area contributed by atoms with E-state index >= 15 is 0 Å². The quantitative estimate of drug-likeness (QED) is 0.875. The summed E-state index contributed by atoms with van der Waals surface area (Å²) in [7, 11) is 0. The Kier molecular flexibility index (Phi) is 4.46. The third-order valence-electron chi connectivity index (χ3n) is 4.58. The minimum Gasteiger partial charge on any atom is -0.338 e. The van der Waals surface area contributed by atoms with Crippen molar-refractivity contribution in [1.82, 2.24) is 19.7 Å². The predicted molar refractivity (Wildman–Crippen MR) is 89.5 cm³/mol. The molecule has 0 aliphatic carbocycles. The fourth-order valence-corrected chi connectivity index (χ4v) is 3.45. The molecule has 1 saturated heterocycles. The lowest BCUT2D eigenvalue weighted by Crippen LogP contribution is -2.39. The molecule has 0 unspecified atom stereocenters. The minimum atomic E-state index is 0.148. The average molecular weight is 312 g/mol. The van der Waals surface area contributed by atoms with Crippen molar-refractivity contribution in [3.05, 3.63) is 47.0 Å². The second kappa shape index (κ2) is 6.52. The van der Waals surface area contributed by atoms with E-state index in [-0.39, 0.29) is 5.91 Å². The number of likely N-dealkylation sites (tertiary alicyclic amines) is 1. The first-order chi connectivity index (χ1) is 11.1. The molecule has 23 heavy (non-hydrogen) atoms. The number of aromatic nitrogens is 3. The third kappa shape index (κ3) is 3.28. The molecular formula is C18H24N4O. The van der Waals surface area contributed by atoms with Crippen LogP contribution in [0.5, 0.6) is 0 Å². The van der Waals surface area contributed by atoms with Crippen molar-refractivity contribution in [2.75, 3.05) is 13.1 Å². The van der Waals surface area contributed by atoms with Gasteiger partial charge in [0.15, 0.2) is 0 Å². The second-order valence-electron chi connectivity index (χ2n) is 6.41. The molecule has 1 aromatic carbocycles. The van der Waals surface area contributed by atoms with Gasteiger partial charge in [0, 0.05) is 31.1 Å². The summed E-state index contributed by atoms with van der Waals surface area (Å²) in [6, 6.07) is 6.47. The standard InChI is InChI=1S/C18H24N4O/c1-4-17-20-19-12-22(17)16-5-7-21(8-6-16)18(23)15-10-13(2)9-14(3)11-15/h9-12,16H,4-8H2,1-3H3. The summed E-state index contributed by atoms with van der Waals surface area (Å²) in [6.07, 6.45) is 4.63. The van der Waals surface area contributed by atoms with Gasteiger partial charge in [-0.05, 0) is 38.8 Å². The smallest absolute Gasteiger partial charge is 0.253 e. The van der Waals surface area contributed by atoms with Gasteiger partial charge in [-0.1, -0.05) is 24.1 Å². The van der Waals surface area contributed by atoms with Crippen LogP contribution >= 0.6 is 0 Å². The Labute approximate surface area is 137 Å². The lowest BCUT2D eigenvalue weighted by Gasteiger charge is -2.33. The molecule has 2 aromatic rings. The van der Waals surface area contributed by atoms with Crippen molar-refractivity contribution in [3.8, 4) is 0 Å². The van der Waals surface area contributed by atoms with E-state index in [1.807, 2.05) is 37.2 Å². The van der Waals surface area contributed by atoms with E-state index in [0.717, 1.165) is 54.9 Å². The molecule has 0 spiro atoms. The Bertz CT molecular complexity index is 679. The van der Waals surface area contributed by atoms with Crippen molar-refractivity contribution in [3.63, 3.8) is 0 Å². The topological polar surface area (TPSA) is 51.0 Å². The molecule has 122 valence electrons. The van der Waals surface area contributed by atoms with Crippen LogP contribution in [-0.2, 0) is 6.42 Å². The summed E-state index contributed by atoms with van der Waals surface area (Å²) < 4.78 is 2.18. The fourth-order valence-electron chi connectivity index (χ4n) is 3.45. The number of benzene rings is 1. The molecule has 2 heterocycles. The van der Waals surface area contributed by atoms with Gasteiger partial charge < -0.3 is 9.47 Å². The number of rotatable bonds is 3. The molecular weight excluding hydrogens is 288 g/mol. The molecule has 0 radical (unpaired) electrons. The summed E-state index contributed by atoms with van der Waals surface area (Å²) in [4.78, 5) is 14.7. The largest absolute Gasteiger partial charge is 0.338 e. The lowest BCUT2D eigenvalue weighted by molar-refractivity contribution is 0.0693. The van der Waals surface area contributed by atoms with Crippen molar-refractivity contribution >= 4 is 5.91 Å². The number of hydrogen-bond donors (Lipinski definition) is 0. The van der Waals surface area contributed by atoms with Gasteiger partial charge in [0.2, 0.25) is 0 Å². The van der Waals surface area contributed by atoms with Crippen LogP contribution in [0.3, 0.4) is 0 Å². The maximum Gasteiger partial charge on any atom is 0.253 e. The Hall–Kier alpha value is -2.17. The van der Waals surface area contributed by atoms with Gasteiger partial charge >= 0.3 is 0 Å². The monoisotopic (exact) mass is 312 g/mol. The SMILES string of the molecule is CCc1nncn1C1CCN(C(=O)c2cc(C)cc(C)c2)CC1. The van der Waals surface area contributed by atoms with Crippen LogP contribution in [0.2, 0.25) is 0 Å². The van der Waals surface area contributed by atoms with Gasteiger partial charge in [-0.2, -0.15) is 0 Å². The molecule has 0 saturated carbocycles. The highest BCUT2D eigenvalue weighted by molar-refractivity contribution is 5.94. The van der Waals surface area contributed by atoms with Crippen molar-refractivity contribution in [2.45, 2.75) is 46.1 Å². The average Bonchev–Trinajstić information content (AvgIpc) is 3.02. The summed E-state index contributed by atoms with van der Waals surface area (Å²) in [5.41, 5.74) is 3.08. The first kappa shape index (κ1) is 15.7. The summed E-state index contributed by atoms with van der Waals surface area (Å²) in [5.74, 6) is 1.18. The maximum absolute atomic E-state index is 12.7. The van der Waals surface area contributed by atoms with Crippen molar-refractivity contribution < 1.29 is 4.79 Å². The van der Waals surface area contributed by atoms with Crippen LogP contribution in [-0.4, -0.2) is 38.7 Å². The maximum atomic E-state index is 12.7. The van der Waals surface area contributed by atoms with Crippen molar-refractivity contribution in [1.29, 1.82) is 0 Å². The van der Waals surface area contributed by atoms with Crippen LogP contribution < -0.4 is 0 Å². The third-order valence-corrected chi connectivity index (χ3v) is 4.58. The van der Waals surface area contributed by atoms with E-state index in [9.17, 15) is 4.79 Å². The van der Waals surface area contributed by atoms with Gasteiger partial charge in [-0.15, -0.1) is 10.2 Å². The number of carbonyl (C=O) groups excluding carboxylic acids is 1. The number of hydrogen-bond acceptors (Lipinski definition) is 3. The first-order valence-corrected chi connectivity index (χ1v) is 8.34. The Balaban J connectivity index is 1.68. The molecule has 1 aliphatic rings. The Morgan fingerprint density at radius 2 is 1.83 bits per heavy atom. The first-order valence-electron chi connectivity index (χ1n) is 8.34. The highest BCUT2D eigenvalue weighted by atomic mass is 16.2. The summed E-state index contributed by atoms with van der Waals surface area (Å²) >= 11 is 0. The fraction of sp³-hybridized carbons (Fsp3) is 0.500. The normalized spacial score (nSPS) is 15.9. The summed E-state index contributed by atoms with van der Waals surface area (Å²) in [6.45, 7) is 7.75. The second-order valence-corrected chi connectivity index (χ2v) is 6.41. The zero-order valence-electron chi connectivity index (χ0n) is 14.1. The van der Waals surface area contributed by atoms with Gasteiger partial charge in [0.1, 0.15) is 12.2 Å². The molecule has 1 fully saturated rings. The zero-order valence-corrected chi connectivity index (χ0v) is 14.1. The molecule has 0 N–H and O–H groups in total. The van der Waals surface area contributed by atoms with Crippen LogP contribution in [0.25, 0.3) is 0 Å². The number of aryl methyl sites for hydroxylation is 3.